The molecule has 0 radical (unpaired) electrons. The Hall–Kier alpha value is -2.64. The van der Waals surface area contributed by atoms with Gasteiger partial charge in [-0.15, -0.1) is 0 Å². The second kappa shape index (κ2) is 11.3. The Morgan fingerprint density at radius 2 is 1.75 bits per heavy atom. The highest BCUT2D eigenvalue weighted by Crippen LogP contribution is 2.24. The van der Waals surface area contributed by atoms with Gasteiger partial charge in [0.05, 0.1) is 28.3 Å². The van der Waals surface area contributed by atoms with Gasteiger partial charge in [-0.1, -0.05) is 54.2 Å². The number of carbonyl (C=O) groups is 1. The van der Waals surface area contributed by atoms with E-state index in [2.05, 4.69) is 5.32 Å². The number of ether oxygens (including phenoxy) is 1. The highest BCUT2D eigenvalue weighted by molar-refractivity contribution is 8.00. The fourth-order valence-corrected chi connectivity index (χ4v) is 4.29. The van der Waals surface area contributed by atoms with Gasteiger partial charge in [0.2, 0.25) is 5.91 Å². The molecule has 32 heavy (non-hydrogen) atoms. The first-order valence-electron chi connectivity index (χ1n) is 11.0. The van der Waals surface area contributed by atoms with Crippen LogP contribution in [0.3, 0.4) is 0 Å². The number of para-hydroxylation sites is 1. The number of benzene rings is 2. The number of hydrogen-bond donors (Lipinski definition) is 1. The normalized spacial score (nSPS) is 13.3. The largest absolute Gasteiger partial charge is 0.379 e. The quantitative estimate of drug-likeness (QED) is 0.277. The van der Waals surface area contributed by atoms with E-state index in [1.54, 1.807) is 10.6 Å². The lowest BCUT2D eigenvalue weighted by atomic mass is 10.1. The second-order valence-electron chi connectivity index (χ2n) is 8.04. The molecule has 0 spiro atoms. The predicted molar refractivity (Wildman–Crippen MR) is 130 cm³/mol. The zero-order chi connectivity index (χ0) is 23.1. The summed E-state index contributed by atoms with van der Waals surface area (Å²) < 4.78 is 7.30. The Morgan fingerprint density at radius 3 is 2.47 bits per heavy atom. The molecule has 0 aliphatic heterocycles. The van der Waals surface area contributed by atoms with Crippen molar-refractivity contribution in [2.24, 2.45) is 0 Å². The molecule has 0 aliphatic rings. The van der Waals surface area contributed by atoms with Crippen molar-refractivity contribution in [1.82, 2.24) is 14.9 Å². The molecule has 1 amide bonds. The molecular formula is C25H31N3O3S. The summed E-state index contributed by atoms with van der Waals surface area (Å²) in [6, 6.07) is 17.1. The van der Waals surface area contributed by atoms with Gasteiger partial charge in [0.1, 0.15) is 0 Å². The van der Waals surface area contributed by atoms with Crippen molar-refractivity contribution in [3.05, 3.63) is 70.5 Å². The van der Waals surface area contributed by atoms with Crippen LogP contribution >= 0.6 is 11.8 Å². The molecular weight excluding hydrogens is 422 g/mol. The zero-order valence-electron chi connectivity index (χ0n) is 19.1. The van der Waals surface area contributed by atoms with Crippen LogP contribution in [-0.4, -0.2) is 33.4 Å². The molecule has 0 fully saturated rings. The predicted octanol–water partition coefficient (Wildman–Crippen LogP) is 4.57. The third-order valence-corrected chi connectivity index (χ3v) is 6.20. The van der Waals surface area contributed by atoms with Gasteiger partial charge in [0, 0.05) is 13.2 Å². The Morgan fingerprint density at radius 1 is 1.06 bits per heavy atom. The fourth-order valence-electron chi connectivity index (χ4n) is 3.34. The number of hydrogen-bond acceptors (Lipinski definition) is 5. The van der Waals surface area contributed by atoms with Crippen LogP contribution in [0.1, 0.15) is 45.7 Å². The smallest absolute Gasteiger partial charge is 0.262 e. The lowest BCUT2D eigenvalue weighted by molar-refractivity contribution is -0.120. The molecule has 3 aromatic rings. The Kier molecular flexibility index (Phi) is 8.47. The molecule has 1 heterocycles. The third-order valence-electron chi connectivity index (χ3n) is 5.11. The summed E-state index contributed by atoms with van der Waals surface area (Å²) in [6.45, 7) is 8.82. The number of nitrogens with zero attached hydrogens (tertiary/aromatic N) is 2. The molecule has 0 aliphatic carbocycles. The Labute approximate surface area is 193 Å². The van der Waals surface area contributed by atoms with Gasteiger partial charge in [-0.25, -0.2) is 4.98 Å². The van der Waals surface area contributed by atoms with Crippen molar-refractivity contribution < 1.29 is 9.53 Å². The number of amides is 1. The van der Waals surface area contributed by atoms with Gasteiger partial charge in [0.25, 0.3) is 5.56 Å². The van der Waals surface area contributed by atoms with Crippen molar-refractivity contribution in [3.8, 4) is 0 Å². The molecule has 7 heteroatoms. The lowest BCUT2D eigenvalue weighted by Crippen LogP contribution is -2.34. The van der Waals surface area contributed by atoms with Crippen LogP contribution in [0, 0.1) is 0 Å². The number of rotatable bonds is 10. The van der Waals surface area contributed by atoms with Gasteiger partial charge in [-0.05, 0) is 51.8 Å². The number of fused-ring (bicyclic) bond motifs is 1. The Bertz CT molecular complexity index is 1100. The number of carbonyl (C=O) groups excluding carboxylic acids is 1. The molecule has 3 rings (SSSR count). The van der Waals surface area contributed by atoms with Gasteiger partial charge in [-0.2, -0.15) is 0 Å². The monoisotopic (exact) mass is 453 g/mol. The van der Waals surface area contributed by atoms with Crippen LogP contribution < -0.4 is 10.9 Å². The van der Waals surface area contributed by atoms with Crippen LogP contribution in [0.15, 0.2) is 64.5 Å². The maximum Gasteiger partial charge on any atom is 0.262 e. The number of aromatic nitrogens is 2. The zero-order valence-corrected chi connectivity index (χ0v) is 19.9. The molecule has 2 atom stereocenters. The van der Waals surface area contributed by atoms with Gasteiger partial charge in [-0.3, -0.25) is 14.2 Å². The van der Waals surface area contributed by atoms with Crippen molar-refractivity contribution in [3.63, 3.8) is 0 Å². The highest BCUT2D eigenvalue weighted by atomic mass is 32.2. The summed E-state index contributed by atoms with van der Waals surface area (Å²) in [5.74, 6) is -0.0940. The standard InChI is InChI=1S/C25H31N3O3S/c1-17(2)31-16-10-15-28-24(30)21-13-8-9-14-22(21)27-25(28)32-19(4)23(29)26-18(3)20-11-6-5-7-12-20/h5-9,11-14,17-19H,10,15-16H2,1-4H3,(H,26,29)/t18-,19-/m1/s1. The van der Waals surface area contributed by atoms with Gasteiger partial charge in [0.15, 0.2) is 5.16 Å². The van der Waals surface area contributed by atoms with Crippen molar-refractivity contribution in [1.29, 1.82) is 0 Å². The van der Waals surface area contributed by atoms with E-state index in [0.29, 0.717) is 35.6 Å². The minimum absolute atomic E-state index is 0.0899. The minimum Gasteiger partial charge on any atom is -0.379 e. The molecule has 0 saturated heterocycles. The van der Waals surface area contributed by atoms with E-state index < -0.39 is 5.25 Å². The maximum atomic E-state index is 13.2. The molecule has 0 unspecified atom stereocenters. The summed E-state index contributed by atoms with van der Waals surface area (Å²) in [5, 5.41) is 3.78. The fraction of sp³-hybridized carbons (Fsp3) is 0.400. The van der Waals surface area contributed by atoms with E-state index in [1.807, 2.05) is 76.2 Å². The molecule has 170 valence electrons. The van der Waals surface area contributed by atoms with E-state index in [1.165, 1.54) is 11.8 Å². The summed E-state index contributed by atoms with van der Waals surface area (Å²) in [7, 11) is 0. The van der Waals surface area contributed by atoms with E-state index in [9.17, 15) is 9.59 Å². The summed E-state index contributed by atoms with van der Waals surface area (Å²) in [6.07, 6.45) is 0.836. The SMILES string of the molecule is CC(C)OCCCn1c(S[C@H](C)C(=O)N[C@H](C)c2ccccc2)nc2ccccc2c1=O. The number of thioether (sulfide) groups is 1. The highest BCUT2D eigenvalue weighted by Gasteiger charge is 2.21. The second-order valence-corrected chi connectivity index (χ2v) is 9.35. The Balaban J connectivity index is 1.78. The van der Waals surface area contributed by atoms with Crippen molar-refractivity contribution in [2.75, 3.05) is 6.61 Å². The molecule has 1 N–H and O–H groups in total. The topological polar surface area (TPSA) is 73.2 Å². The van der Waals surface area contributed by atoms with E-state index in [0.717, 1.165) is 5.56 Å². The lowest BCUT2D eigenvalue weighted by Gasteiger charge is -2.19. The van der Waals surface area contributed by atoms with E-state index >= 15 is 0 Å². The van der Waals surface area contributed by atoms with Crippen LogP contribution in [0.4, 0.5) is 0 Å². The summed E-state index contributed by atoms with van der Waals surface area (Å²) >= 11 is 1.31. The van der Waals surface area contributed by atoms with Crippen LogP contribution in [0.2, 0.25) is 0 Å². The summed E-state index contributed by atoms with van der Waals surface area (Å²) in [4.78, 5) is 30.7. The third kappa shape index (κ3) is 6.20. The van der Waals surface area contributed by atoms with Crippen LogP contribution in [-0.2, 0) is 16.1 Å². The first kappa shape index (κ1) is 24.0. The number of nitrogens with one attached hydrogen (secondary N) is 1. The molecule has 0 bridgehead atoms. The molecule has 1 aromatic heterocycles. The van der Waals surface area contributed by atoms with E-state index in [4.69, 9.17) is 9.72 Å². The van der Waals surface area contributed by atoms with Crippen molar-refractivity contribution >= 4 is 28.6 Å². The van der Waals surface area contributed by atoms with Gasteiger partial charge >= 0.3 is 0 Å². The first-order valence-corrected chi connectivity index (χ1v) is 11.9. The van der Waals surface area contributed by atoms with Crippen LogP contribution in [0.5, 0.6) is 0 Å². The van der Waals surface area contributed by atoms with E-state index in [-0.39, 0.29) is 23.6 Å². The maximum absolute atomic E-state index is 13.2. The summed E-state index contributed by atoms with van der Waals surface area (Å²) in [5.41, 5.74) is 1.59. The van der Waals surface area contributed by atoms with Gasteiger partial charge < -0.3 is 10.1 Å². The van der Waals surface area contributed by atoms with Crippen molar-refractivity contribution in [2.45, 2.75) is 63.2 Å². The minimum atomic E-state index is -0.410. The van der Waals surface area contributed by atoms with Crippen LogP contribution in [0.25, 0.3) is 10.9 Å². The first-order chi connectivity index (χ1) is 15.4. The molecule has 6 nitrogen and oxygen atoms in total. The molecule has 0 saturated carbocycles. The average molecular weight is 454 g/mol. The molecule has 2 aromatic carbocycles. The average Bonchev–Trinajstić information content (AvgIpc) is 2.78.